The van der Waals surface area contributed by atoms with Crippen LogP contribution in [0.4, 0.5) is 5.82 Å². The van der Waals surface area contributed by atoms with E-state index in [-0.39, 0.29) is 11.6 Å². The van der Waals surface area contributed by atoms with Crippen molar-refractivity contribution in [3.63, 3.8) is 0 Å². The van der Waals surface area contributed by atoms with E-state index in [9.17, 15) is 4.79 Å². The first-order valence-electron chi connectivity index (χ1n) is 3.89. The molecule has 1 heterocycles. The van der Waals surface area contributed by atoms with Gasteiger partial charge in [-0.3, -0.25) is 4.79 Å². The van der Waals surface area contributed by atoms with Crippen LogP contribution in [0.15, 0.2) is 17.2 Å². The fraction of sp³-hybridized carbons (Fsp3) is 0.500. The Labute approximate surface area is 71.3 Å². The van der Waals surface area contributed by atoms with E-state index in [0.29, 0.717) is 5.82 Å². The van der Waals surface area contributed by atoms with E-state index in [1.54, 1.807) is 19.4 Å². The first-order chi connectivity index (χ1) is 5.61. The molecule has 4 heteroatoms. The van der Waals surface area contributed by atoms with Crippen molar-refractivity contribution in [3.8, 4) is 0 Å². The number of nitrogens with one attached hydrogen (secondary N) is 1. The number of hydrogen-bond donors (Lipinski definition) is 1. The summed E-state index contributed by atoms with van der Waals surface area (Å²) < 4.78 is 1.50. The molecule has 0 amide bonds. The van der Waals surface area contributed by atoms with Gasteiger partial charge in [-0.15, -0.1) is 0 Å². The maximum Gasteiger partial charge on any atom is 0.293 e. The highest BCUT2D eigenvalue weighted by molar-refractivity contribution is 5.31. The predicted octanol–water partition coefficient (Wildman–Crippen LogP) is 0.601. The number of rotatable bonds is 2. The summed E-state index contributed by atoms with van der Waals surface area (Å²) in [5.41, 5.74) is -0.0915. The first-order valence-corrected chi connectivity index (χ1v) is 3.89. The van der Waals surface area contributed by atoms with E-state index in [2.05, 4.69) is 10.3 Å². The Balaban J connectivity index is 3.01. The number of aryl methyl sites for hydroxylation is 1. The molecular formula is C8H13N3O. The van der Waals surface area contributed by atoms with Gasteiger partial charge in [0.15, 0.2) is 5.82 Å². The van der Waals surface area contributed by atoms with Crippen molar-refractivity contribution in [1.82, 2.24) is 9.55 Å². The first kappa shape index (κ1) is 8.77. The molecule has 0 bridgehead atoms. The van der Waals surface area contributed by atoms with Gasteiger partial charge < -0.3 is 9.88 Å². The molecule has 4 nitrogen and oxygen atoms in total. The van der Waals surface area contributed by atoms with Crippen LogP contribution < -0.4 is 10.9 Å². The lowest BCUT2D eigenvalue weighted by Gasteiger charge is -2.08. The molecule has 0 aliphatic heterocycles. The molecule has 0 aromatic carbocycles. The summed E-state index contributed by atoms with van der Waals surface area (Å²) in [6, 6.07) is 0.229. The summed E-state index contributed by atoms with van der Waals surface area (Å²) in [7, 11) is 1.70. The molecule has 0 radical (unpaired) electrons. The van der Waals surface area contributed by atoms with E-state index >= 15 is 0 Å². The fourth-order valence-corrected chi connectivity index (χ4v) is 0.870. The lowest BCUT2D eigenvalue weighted by molar-refractivity contribution is 0.818. The normalized spacial score (nSPS) is 10.3. The highest BCUT2D eigenvalue weighted by Gasteiger charge is 2.02. The highest BCUT2D eigenvalue weighted by atomic mass is 16.1. The van der Waals surface area contributed by atoms with Gasteiger partial charge in [0.05, 0.1) is 0 Å². The lowest BCUT2D eigenvalue weighted by atomic mass is 10.4. The second kappa shape index (κ2) is 3.38. The molecule has 1 N–H and O–H groups in total. The Morgan fingerprint density at radius 1 is 1.58 bits per heavy atom. The largest absolute Gasteiger partial charge is 0.363 e. The van der Waals surface area contributed by atoms with Crippen molar-refractivity contribution in [2.75, 3.05) is 5.32 Å². The summed E-state index contributed by atoms with van der Waals surface area (Å²) in [5, 5.41) is 2.97. The molecule has 0 unspecified atom stereocenters. The van der Waals surface area contributed by atoms with Crippen LogP contribution in [-0.4, -0.2) is 15.6 Å². The molecule has 0 saturated heterocycles. The van der Waals surface area contributed by atoms with Gasteiger partial charge in [0.1, 0.15) is 0 Å². The van der Waals surface area contributed by atoms with Gasteiger partial charge >= 0.3 is 0 Å². The van der Waals surface area contributed by atoms with Crippen molar-refractivity contribution in [2.24, 2.45) is 7.05 Å². The van der Waals surface area contributed by atoms with E-state index < -0.39 is 0 Å². The van der Waals surface area contributed by atoms with Crippen LogP contribution in [-0.2, 0) is 7.05 Å². The van der Waals surface area contributed by atoms with Gasteiger partial charge in [0.2, 0.25) is 0 Å². The number of nitrogens with zero attached hydrogens (tertiary/aromatic N) is 2. The van der Waals surface area contributed by atoms with Gasteiger partial charge in [0, 0.05) is 25.5 Å². The van der Waals surface area contributed by atoms with Crippen LogP contribution in [0.5, 0.6) is 0 Å². The molecule has 0 fully saturated rings. The minimum Gasteiger partial charge on any atom is -0.363 e. The van der Waals surface area contributed by atoms with Crippen molar-refractivity contribution in [1.29, 1.82) is 0 Å². The third kappa shape index (κ3) is 1.84. The molecule has 1 aromatic heterocycles. The van der Waals surface area contributed by atoms with E-state index in [4.69, 9.17) is 0 Å². The maximum atomic E-state index is 11.3. The second-order valence-electron chi connectivity index (χ2n) is 2.99. The van der Waals surface area contributed by atoms with Crippen LogP contribution >= 0.6 is 0 Å². The highest BCUT2D eigenvalue weighted by Crippen LogP contribution is 1.94. The van der Waals surface area contributed by atoms with Gasteiger partial charge in [0.25, 0.3) is 5.56 Å². The molecule has 0 spiro atoms. The molecule has 0 atom stereocenters. The lowest BCUT2D eigenvalue weighted by Crippen LogP contribution is -2.24. The monoisotopic (exact) mass is 167 g/mol. The summed E-state index contributed by atoms with van der Waals surface area (Å²) in [6.07, 6.45) is 3.24. The number of aromatic nitrogens is 2. The average Bonchev–Trinajstić information content (AvgIpc) is 1.98. The summed E-state index contributed by atoms with van der Waals surface area (Å²) in [6.45, 7) is 3.93. The molecule has 0 aliphatic rings. The van der Waals surface area contributed by atoms with Gasteiger partial charge in [-0.05, 0) is 13.8 Å². The Morgan fingerprint density at radius 3 is 2.83 bits per heavy atom. The van der Waals surface area contributed by atoms with Crippen LogP contribution in [0.2, 0.25) is 0 Å². The van der Waals surface area contributed by atoms with E-state index in [0.717, 1.165) is 0 Å². The van der Waals surface area contributed by atoms with Crippen LogP contribution in [0.1, 0.15) is 13.8 Å². The molecule has 66 valence electrons. The Kier molecular flexibility index (Phi) is 2.47. The maximum absolute atomic E-state index is 11.3. The number of hydrogen-bond acceptors (Lipinski definition) is 3. The SMILES string of the molecule is CC(C)Nc1nccn(C)c1=O. The molecular weight excluding hydrogens is 154 g/mol. The van der Waals surface area contributed by atoms with Gasteiger partial charge in [-0.2, -0.15) is 0 Å². The minimum absolute atomic E-state index is 0.0915. The zero-order valence-electron chi connectivity index (χ0n) is 7.53. The summed E-state index contributed by atoms with van der Waals surface area (Å²) in [4.78, 5) is 15.3. The Morgan fingerprint density at radius 2 is 2.25 bits per heavy atom. The van der Waals surface area contributed by atoms with Crippen LogP contribution in [0, 0.1) is 0 Å². The fourth-order valence-electron chi connectivity index (χ4n) is 0.870. The zero-order valence-corrected chi connectivity index (χ0v) is 7.53. The molecule has 1 aromatic rings. The Hall–Kier alpha value is -1.32. The molecule has 1 rings (SSSR count). The van der Waals surface area contributed by atoms with Crippen molar-refractivity contribution in [3.05, 3.63) is 22.7 Å². The Bertz CT molecular complexity index is 316. The van der Waals surface area contributed by atoms with E-state index in [1.165, 1.54) is 4.57 Å². The smallest absolute Gasteiger partial charge is 0.293 e. The predicted molar refractivity (Wildman–Crippen MR) is 48.2 cm³/mol. The molecule has 0 saturated carbocycles. The number of anilines is 1. The van der Waals surface area contributed by atoms with Crippen LogP contribution in [0.3, 0.4) is 0 Å². The quantitative estimate of drug-likeness (QED) is 0.701. The standard InChI is InChI=1S/C8H13N3O/c1-6(2)10-7-8(12)11(3)5-4-9-7/h4-6H,1-3H3,(H,9,10). The summed E-state index contributed by atoms with van der Waals surface area (Å²) in [5.74, 6) is 0.412. The van der Waals surface area contributed by atoms with Crippen molar-refractivity contribution < 1.29 is 0 Å². The zero-order chi connectivity index (χ0) is 9.14. The minimum atomic E-state index is -0.0915. The second-order valence-corrected chi connectivity index (χ2v) is 2.99. The van der Waals surface area contributed by atoms with Crippen molar-refractivity contribution >= 4 is 5.82 Å². The average molecular weight is 167 g/mol. The van der Waals surface area contributed by atoms with Crippen molar-refractivity contribution in [2.45, 2.75) is 19.9 Å². The summed E-state index contributed by atoms with van der Waals surface area (Å²) >= 11 is 0. The van der Waals surface area contributed by atoms with E-state index in [1.807, 2.05) is 13.8 Å². The van der Waals surface area contributed by atoms with Gasteiger partial charge in [-0.25, -0.2) is 4.98 Å². The third-order valence-corrected chi connectivity index (χ3v) is 1.44. The third-order valence-electron chi connectivity index (χ3n) is 1.44. The van der Waals surface area contributed by atoms with Gasteiger partial charge in [-0.1, -0.05) is 0 Å². The topological polar surface area (TPSA) is 46.9 Å². The molecule has 0 aliphatic carbocycles. The molecule has 12 heavy (non-hydrogen) atoms. The van der Waals surface area contributed by atoms with Crippen LogP contribution in [0.25, 0.3) is 0 Å².